The predicted molar refractivity (Wildman–Crippen MR) is 101 cm³/mol. The van der Waals surface area contributed by atoms with Gasteiger partial charge in [0.1, 0.15) is 11.6 Å². The van der Waals surface area contributed by atoms with Crippen LogP contribution in [0.1, 0.15) is 39.3 Å². The second-order valence-electron chi connectivity index (χ2n) is 5.69. The monoisotopic (exact) mass is 390 g/mol. The molecule has 1 atom stereocenters. The SMILES string of the molecule is CCNC(=NCCS(=O)(=O)N(CC)CC)NC(C)c1ccc(F)cc1F. The maximum Gasteiger partial charge on any atom is 0.215 e. The van der Waals surface area contributed by atoms with E-state index in [1.54, 1.807) is 20.8 Å². The van der Waals surface area contributed by atoms with Gasteiger partial charge in [0.2, 0.25) is 10.0 Å². The van der Waals surface area contributed by atoms with Crippen LogP contribution < -0.4 is 10.6 Å². The molecule has 6 nitrogen and oxygen atoms in total. The van der Waals surface area contributed by atoms with Crippen molar-refractivity contribution in [2.45, 2.75) is 33.7 Å². The first kappa shape index (κ1) is 22.3. The fourth-order valence-corrected chi connectivity index (χ4v) is 3.84. The van der Waals surface area contributed by atoms with Gasteiger partial charge in [0.05, 0.1) is 18.3 Å². The highest BCUT2D eigenvalue weighted by molar-refractivity contribution is 7.89. The summed E-state index contributed by atoms with van der Waals surface area (Å²) in [6, 6.07) is 2.93. The molecule has 0 spiro atoms. The van der Waals surface area contributed by atoms with Crippen molar-refractivity contribution in [3.8, 4) is 0 Å². The predicted octanol–water partition coefficient (Wildman–Crippen LogP) is 2.25. The van der Waals surface area contributed by atoms with Gasteiger partial charge in [0, 0.05) is 31.3 Å². The normalized spacial score (nSPS) is 13.7. The maximum atomic E-state index is 13.9. The Labute approximate surface area is 154 Å². The van der Waals surface area contributed by atoms with Gasteiger partial charge in [-0.2, -0.15) is 0 Å². The van der Waals surface area contributed by atoms with Crippen molar-refractivity contribution in [1.82, 2.24) is 14.9 Å². The average Bonchev–Trinajstić information content (AvgIpc) is 2.55. The van der Waals surface area contributed by atoms with Gasteiger partial charge in [0.25, 0.3) is 0 Å². The van der Waals surface area contributed by atoms with Crippen molar-refractivity contribution in [3.05, 3.63) is 35.4 Å². The van der Waals surface area contributed by atoms with Crippen LogP contribution in [-0.4, -0.2) is 50.6 Å². The van der Waals surface area contributed by atoms with Crippen LogP contribution in [0.5, 0.6) is 0 Å². The second kappa shape index (κ2) is 10.4. The lowest BCUT2D eigenvalue weighted by molar-refractivity contribution is 0.445. The van der Waals surface area contributed by atoms with Gasteiger partial charge in [-0.05, 0) is 19.9 Å². The highest BCUT2D eigenvalue weighted by Gasteiger charge is 2.18. The van der Waals surface area contributed by atoms with E-state index in [9.17, 15) is 17.2 Å². The maximum absolute atomic E-state index is 13.9. The van der Waals surface area contributed by atoms with Gasteiger partial charge in [-0.1, -0.05) is 19.9 Å². The summed E-state index contributed by atoms with van der Waals surface area (Å²) in [7, 11) is -3.36. The van der Waals surface area contributed by atoms with Crippen molar-refractivity contribution in [2.75, 3.05) is 31.9 Å². The summed E-state index contributed by atoms with van der Waals surface area (Å²) in [6.45, 7) is 8.63. The van der Waals surface area contributed by atoms with Gasteiger partial charge in [0.15, 0.2) is 5.96 Å². The Morgan fingerprint density at radius 3 is 2.42 bits per heavy atom. The number of benzene rings is 1. The summed E-state index contributed by atoms with van der Waals surface area (Å²) in [5.41, 5.74) is 0.299. The largest absolute Gasteiger partial charge is 0.357 e. The molecule has 2 N–H and O–H groups in total. The van der Waals surface area contributed by atoms with E-state index in [4.69, 9.17) is 0 Å². The molecule has 0 heterocycles. The van der Waals surface area contributed by atoms with E-state index in [2.05, 4.69) is 15.6 Å². The number of aliphatic imine (C=N–C) groups is 1. The Morgan fingerprint density at radius 1 is 1.23 bits per heavy atom. The fraction of sp³-hybridized carbons (Fsp3) is 0.588. The van der Waals surface area contributed by atoms with Crippen LogP contribution in [0.3, 0.4) is 0 Å². The summed E-state index contributed by atoms with van der Waals surface area (Å²) < 4.78 is 52.7. The third-order valence-corrected chi connectivity index (χ3v) is 5.85. The van der Waals surface area contributed by atoms with Crippen LogP contribution in [0, 0.1) is 11.6 Å². The van der Waals surface area contributed by atoms with Crippen LogP contribution in [0.15, 0.2) is 23.2 Å². The average molecular weight is 391 g/mol. The molecular weight excluding hydrogens is 362 g/mol. The molecule has 1 unspecified atom stereocenters. The van der Waals surface area contributed by atoms with E-state index >= 15 is 0 Å². The number of guanidine groups is 1. The lowest BCUT2D eigenvalue weighted by atomic mass is 10.1. The zero-order valence-corrected chi connectivity index (χ0v) is 16.5. The lowest BCUT2D eigenvalue weighted by Gasteiger charge is -2.20. The standard InChI is InChI=1S/C17H28F2N4O2S/c1-5-20-17(21-10-11-26(24,25)23(6-2)7-3)22-13(4)15-9-8-14(18)12-16(15)19/h8-9,12-13H,5-7,10-11H2,1-4H3,(H2,20,21,22). The van der Waals surface area contributed by atoms with E-state index in [0.29, 0.717) is 31.2 Å². The Hall–Kier alpha value is -1.74. The van der Waals surface area contributed by atoms with Crippen LogP contribution in [-0.2, 0) is 10.0 Å². The molecule has 0 fully saturated rings. The zero-order chi connectivity index (χ0) is 19.7. The van der Waals surface area contributed by atoms with Crippen molar-refractivity contribution in [3.63, 3.8) is 0 Å². The molecule has 0 bridgehead atoms. The van der Waals surface area contributed by atoms with Crippen LogP contribution >= 0.6 is 0 Å². The molecule has 1 aromatic carbocycles. The van der Waals surface area contributed by atoms with Crippen molar-refractivity contribution >= 4 is 16.0 Å². The number of hydrogen-bond donors (Lipinski definition) is 2. The first-order valence-corrected chi connectivity index (χ1v) is 10.3. The Kier molecular flexibility index (Phi) is 8.94. The molecule has 1 aromatic rings. The van der Waals surface area contributed by atoms with Crippen LogP contribution in [0.2, 0.25) is 0 Å². The lowest BCUT2D eigenvalue weighted by Crippen LogP contribution is -2.39. The summed E-state index contributed by atoms with van der Waals surface area (Å²) in [5.74, 6) is -1.02. The van der Waals surface area contributed by atoms with Crippen molar-refractivity contribution < 1.29 is 17.2 Å². The van der Waals surface area contributed by atoms with Gasteiger partial charge in [-0.25, -0.2) is 21.5 Å². The summed E-state index contributed by atoms with van der Waals surface area (Å²) in [4.78, 5) is 4.25. The van der Waals surface area contributed by atoms with Gasteiger partial charge >= 0.3 is 0 Å². The first-order valence-electron chi connectivity index (χ1n) is 8.72. The number of nitrogens with zero attached hydrogens (tertiary/aromatic N) is 2. The van der Waals surface area contributed by atoms with E-state index in [-0.39, 0.29) is 12.3 Å². The Bertz CT molecular complexity index is 707. The molecule has 9 heteroatoms. The van der Waals surface area contributed by atoms with E-state index < -0.39 is 27.7 Å². The number of rotatable bonds is 9. The molecule has 0 aliphatic heterocycles. The summed E-state index contributed by atoms with van der Waals surface area (Å²) >= 11 is 0. The van der Waals surface area contributed by atoms with Crippen LogP contribution in [0.4, 0.5) is 8.78 Å². The molecule has 0 aliphatic carbocycles. The number of hydrogen-bond acceptors (Lipinski definition) is 3. The smallest absolute Gasteiger partial charge is 0.215 e. The van der Waals surface area contributed by atoms with Gasteiger partial charge in [-0.15, -0.1) is 0 Å². The summed E-state index contributed by atoms with van der Waals surface area (Å²) in [6.07, 6.45) is 0. The molecule has 148 valence electrons. The first-order chi connectivity index (χ1) is 12.2. The molecule has 26 heavy (non-hydrogen) atoms. The third kappa shape index (κ3) is 6.53. The molecular formula is C17H28F2N4O2S. The summed E-state index contributed by atoms with van der Waals surface area (Å²) in [5, 5.41) is 6.00. The third-order valence-electron chi connectivity index (χ3n) is 3.84. The molecule has 0 aromatic heterocycles. The van der Waals surface area contributed by atoms with E-state index in [1.807, 2.05) is 6.92 Å². The second-order valence-corrected chi connectivity index (χ2v) is 7.78. The van der Waals surface area contributed by atoms with Crippen molar-refractivity contribution in [2.24, 2.45) is 4.99 Å². The molecule has 0 radical (unpaired) electrons. The minimum Gasteiger partial charge on any atom is -0.357 e. The minimum atomic E-state index is -3.36. The molecule has 0 saturated heterocycles. The Morgan fingerprint density at radius 2 is 1.88 bits per heavy atom. The fourth-order valence-electron chi connectivity index (χ4n) is 2.47. The Balaban J connectivity index is 2.80. The van der Waals surface area contributed by atoms with Crippen molar-refractivity contribution in [1.29, 1.82) is 0 Å². The highest BCUT2D eigenvalue weighted by Crippen LogP contribution is 2.17. The number of nitrogens with one attached hydrogen (secondary N) is 2. The number of halogens is 2. The zero-order valence-electron chi connectivity index (χ0n) is 15.7. The number of sulfonamides is 1. The topological polar surface area (TPSA) is 73.8 Å². The highest BCUT2D eigenvalue weighted by atomic mass is 32.2. The molecule has 0 amide bonds. The molecule has 0 saturated carbocycles. The molecule has 1 rings (SSSR count). The quantitative estimate of drug-likeness (QED) is 0.501. The minimum absolute atomic E-state index is 0.0762. The van der Waals surface area contributed by atoms with Gasteiger partial charge < -0.3 is 10.6 Å². The van der Waals surface area contributed by atoms with E-state index in [0.717, 1.165) is 6.07 Å². The van der Waals surface area contributed by atoms with Gasteiger partial charge in [-0.3, -0.25) is 4.99 Å². The molecule has 0 aliphatic rings. The van der Waals surface area contributed by atoms with E-state index in [1.165, 1.54) is 16.4 Å². The van der Waals surface area contributed by atoms with Crippen LogP contribution in [0.25, 0.3) is 0 Å².